The second-order valence-electron chi connectivity index (χ2n) is 2.98. The first-order valence-corrected chi connectivity index (χ1v) is 5.25. The Morgan fingerprint density at radius 3 is 2.29 bits per heavy atom. The van der Waals surface area contributed by atoms with Gasteiger partial charge in [0.25, 0.3) is 4.52 Å². The molecule has 1 N–H and O–H groups in total. The molecule has 1 aromatic carbocycles. The third-order valence-corrected chi connectivity index (χ3v) is 2.29. The zero-order chi connectivity index (χ0) is 12.9. The predicted molar refractivity (Wildman–Crippen MR) is 62.7 cm³/mol. The van der Waals surface area contributed by atoms with Gasteiger partial charge < -0.3 is 9.84 Å². The van der Waals surface area contributed by atoms with E-state index in [0.29, 0.717) is 11.6 Å². The lowest BCUT2D eigenvalue weighted by Crippen LogP contribution is -2.19. The predicted octanol–water partition coefficient (Wildman–Crippen LogP) is 2.46. The Morgan fingerprint density at radius 2 is 1.76 bits per heavy atom. The van der Waals surface area contributed by atoms with Crippen LogP contribution < -0.4 is 0 Å². The summed E-state index contributed by atoms with van der Waals surface area (Å²) in [5, 5.41) is 8.32. The largest absolute Gasteiger partial charge is 0.478 e. The van der Waals surface area contributed by atoms with Crippen molar-refractivity contribution in [2.45, 2.75) is 4.52 Å². The Kier molecular flexibility index (Phi) is 4.54. The van der Waals surface area contributed by atoms with E-state index in [1.54, 1.807) is 30.3 Å². The number of carbonyl (C=O) groups is 2. The summed E-state index contributed by atoms with van der Waals surface area (Å²) >= 11 is 11.6. The van der Waals surface area contributed by atoms with Crippen LogP contribution in [0.1, 0.15) is 5.56 Å². The first-order valence-electron chi connectivity index (χ1n) is 4.49. The van der Waals surface area contributed by atoms with Crippen molar-refractivity contribution in [1.82, 2.24) is 0 Å². The molecule has 0 saturated carbocycles. The van der Waals surface area contributed by atoms with E-state index in [2.05, 4.69) is 0 Å². The van der Waals surface area contributed by atoms with Gasteiger partial charge in [-0.1, -0.05) is 53.5 Å². The smallest absolute Gasteiger partial charge is 0.333 e. The number of ether oxygens (including phenoxy) is 1. The van der Waals surface area contributed by atoms with E-state index >= 15 is 0 Å². The molecule has 0 spiro atoms. The summed E-state index contributed by atoms with van der Waals surface area (Å²) in [5.74, 6) is -2.21. The van der Waals surface area contributed by atoms with E-state index in [1.165, 1.54) is 0 Å². The summed E-state index contributed by atoms with van der Waals surface area (Å²) in [6, 6.07) is 8.26. The van der Waals surface area contributed by atoms with E-state index in [0.717, 1.165) is 6.08 Å². The van der Waals surface area contributed by atoms with Gasteiger partial charge in [-0.15, -0.1) is 0 Å². The molecule has 0 aliphatic rings. The average molecular weight is 275 g/mol. The Hall–Kier alpha value is -1.52. The number of alkyl halides is 2. The summed E-state index contributed by atoms with van der Waals surface area (Å²) in [4.78, 5) is 21.4. The zero-order valence-corrected chi connectivity index (χ0v) is 9.98. The van der Waals surface area contributed by atoms with E-state index in [4.69, 9.17) is 33.0 Å². The fourth-order valence-corrected chi connectivity index (χ4v) is 1.39. The molecule has 0 heterocycles. The van der Waals surface area contributed by atoms with E-state index in [-0.39, 0.29) is 0 Å². The highest BCUT2D eigenvalue weighted by molar-refractivity contribution is 6.47. The molecule has 1 rings (SSSR count). The quantitative estimate of drug-likeness (QED) is 0.521. The van der Waals surface area contributed by atoms with Crippen LogP contribution in [-0.2, 0) is 18.8 Å². The van der Waals surface area contributed by atoms with Crippen LogP contribution in [0.5, 0.6) is 0 Å². The van der Waals surface area contributed by atoms with Crippen molar-refractivity contribution in [3.63, 3.8) is 0 Å². The summed E-state index contributed by atoms with van der Waals surface area (Å²) in [7, 11) is 0. The Morgan fingerprint density at radius 1 is 1.18 bits per heavy atom. The molecule has 1 aromatic rings. The molecule has 0 aliphatic heterocycles. The maximum Gasteiger partial charge on any atom is 0.333 e. The van der Waals surface area contributed by atoms with E-state index in [9.17, 15) is 9.59 Å². The fraction of sp³-hybridized carbons (Fsp3) is 0.0909. The van der Waals surface area contributed by atoms with Crippen LogP contribution in [-0.4, -0.2) is 17.0 Å². The number of carbonyl (C=O) groups excluding carboxylic acids is 1. The Balaban J connectivity index is 2.74. The number of rotatable bonds is 4. The molecule has 0 radical (unpaired) electrons. The van der Waals surface area contributed by atoms with Crippen molar-refractivity contribution in [2.24, 2.45) is 0 Å². The molecule has 0 fully saturated rings. The van der Waals surface area contributed by atoms with Gasteiger partial charge in [0.05, 0.1) is 0 Å². The topological polar surface area (TPSA) is 63.6 Å². The van der Waals surface area contributed by atoms with Gasteiger partial charge in [0.1, 0.15) is 0 Å². The second kappa shape index (κ2) is 5.70. The number of carboxylic acids is 1. The summed E-state index contributed by atoms with van der Waals surface area (Å²) < 4.78 is 2.87. The Labute approximate surface area is 107 Å². The van der Waals surface area contributed by atoms with Gasteiger partial charge in [-0.05, 0) is 0 Å². The molecular weight excluding hydrogens is 267 g/mol. The monoisotopic (exact) mass is 274 g/mol. The summed E-state index contributed by atoms with van der Waals surface area (Å²) in [6.07, 6.45) is 1.36. The number of carboxylic acid groups (broad SMARTS) is 1. The maximum atomic E-state index is 11.2. The highest BCUT2D eigenvalue weighted by Gasteiger charge is 2.30. The Bertz CT molecular complexity index is 440. The first-order chi connectivity index (χ1) is 7.92. The minimum Gasteiger partial charge on any atom is -0.478 e. The van der Waals surface area contributed by atoms with Gasteiger partial charge in [-0.25, -0.2) is 9.59 Å². The van der Waals surface area contributed by atoms with Crippen LogP contribution in [0.4, 0.5) is 0 Å². The van der Waals surface area contributed by atoms with E-state index < -0.39 is 16.5 Å². The third-order valence-electron chi connectivity index (χ3n) is 1.70. The van der Waals surface area contributed by atoms with Crippen molar-refractivity contribution in [3.05, 3.63) is 48.0 Å². The van der Waals surface area contributed by atoms with Crippen LogP contribution in [0.2, 0.25) is 0 Å². The molecule has 90 valence electrons. The van der Waals surface area contributed by atoms with Crippen molar-refractivity contribution in [2.75, 3.05) is 0 Å². The molecule has 0 atom stereocenters. The molecule has 0 saturated heterocycles. The molecule has 0 aromatic heterocycles. The number of benzene rings is 1. The third kappa shape index (κ3) is 4.46. The van der Waals surface area contributed by atoms with Crippen molar-refractivity contribution < 1.29 is 19.4 Å². The van der Waals surface area contributed by atoms with Crippen LogP contribution in [0.25, 0.3) is 0 Å². The maximum absolute atomic E-state index is 11.2. The van der Waals surface area contributed by atoms with Gasteiger partial charge in [0, 0.05) is 17.7 Å². The number of hydrogen-bond donors (Lipinski definition) is 1. The van der Waals surface area contributed by atoms with Crippen LogP contribution >= 0.6 is 23.2 Å². The van der Waals surface area contributed by atoms with Gasteiger partial charge in [0.2, 0.25) is 0 Å². The summed E-state index contributed by atoms with van der Waals surface area (Å²) in [5.41, 5.74) is 0.375. The second-order valence-corrected chi connectivity index (χ2v) is 4.23. The lowest BCUT2D eigenvalue weighted by atomic mass is 10.2. The zero-order valence-electron chi connectivity index (χ0n) is 8.47. The van der Waals surface area contributed by atoms with Crippen LogP contribution in [0.15, 0.2) is 42.5 Å². The van der Waals surface area contributed by atoms with Gasteiger partial charge in [0.15, 0.2) is 0 Å². The van der Waals surface area contributed by atoms with Gasteiger partial charge >= 0.3 is 11.9 Å². The SMILES string of the molecule is O=C(O)/C=C\C(=O)OC(Cl)(Cl)c1ccccc1. The minimum atomic E-state index is -1.85. The fourth-order valence-electron chi connectivity index (χ4n) is 0.991. The van der Waals surface area contributed by atoms with Crippen LogP contribution in [0, 0.1) is 0 Å². The van der Waals surface area contributed by atoms with Crippen molar-refractivity contribution in [1.29, 1.82) is 0 Å². The standard InChI is InChI=1S/C11H8Cl2O4/c12-11(13,8-4-2-1-3-5-8)17-10(16)7-6-9(14)15/h1-7H,(H,14,15)/b7-6-. The molecule has 0 unspecified atom stereocenters. The number of aliphatic carboxylic acids is 1. The van der Waals surface area contributed by atoms with Gasteiger partial charge in [-0.3, -0.25) is 0 Å². The van der Waals surface area contributed by atoms with Gasteiger partial charge in [-0.2, -0.15) is 0 Å². The minimum absolute atomic E-state index is 0.375. The van der Waals surface area contributed by atoms with E-state index in [1.807, 2.05) is 0 Å². The number of halogens is 2. The molecule has 17 heavy (non-hydrogen) atoms. The normalized spacial score (nSPS) is 11.4. The molecule has 0 amide bonds. The van der Waals surface area contributed by atoms with Crippen molar-refractivity contribution >= 4 is 35.1 Å². The first kappa shape index (κ1) is 13.5. The number of hydrogen-bond acceptors (Lipinski definition) is 3. The molecule has 6 heteroatoms. The average Bonchev–Trinajstić information content (AvgIpc) is 2.27. The molecule has 0 bridgehead atoms. The highest BCUT2D eigenvalue weighted by Crippen LogP contribution is 2.35. The highest BCUT2D eigenvalue weighted by atomic mass is 35.5. The van der Waals surface area contributed by atoms with Crippen molar-refractivity contribution in [3.8, 4) is 0 Å². The molecule has 0 aliphatic carbocycles. The molecule has 4 nitrogen and oxygen atoms in total. The molecular formula is C11H8Cl2O4. The lowest BCUT2D eigenvalue weighted by Gasteiger charge is -2.19. The lowest BCUT2D eigenvalue weighted by molar-refractivity contribution is -0.142. The summed E-state index contributed by atoms with van der Waals surface area (Å²) in [6.45, 7) is 0. The number of esters is 1. The van der Waals surface area contributed by atoms with Crippen LogP contribution in [0.3, 0.4) is 0 Å².